The SMILES string of the molecule is Cc1cccc(S(=O)(=O)NC(=O)c2ccc(-c3cc(F)cc(OCC(C)C)c3)nc2OC2C(C)CCCC2C)n1. The average molecular weight is 570 g/mol. The average Bonchev–Trinajstić information content (AvgIpc) is 2.89. The number of hydrogen-bond acceptors (Lipinski definition) is 7. The first-order chi connectivity index (χ1) is 18.9. The van der Waals surface area contributed by atoms with Crippen LogP contribution in [0.4, 0.5) is 4.39 Å². The van der Waals surface area contributed by atoms with Crippen LogP contribution in [-0.2, 0) is 10.0 Å². The molecule has 1 aliphatic carbocycles. The molecule has 214 valence electrons. The minimum Gasteiger partial charge on any atom is -0.493 e. The van der Waals surface area contributed by atoms with E-state index < -0.39 is 21.7 Å². The van der Waals surface area contributed by atoms with Crippen molar-refractivity contribution in [2.45, 2.75) is 65.0 Å². The normalized spacial score (nSPS) is 19.3. The van der Waals surface area contributed by atoms with Crippen molar-refractivity contribution in [2.75, 3.05) is 6.61 Å². The van der Waals surface area contributed by atoms with Crippen LogP contribution in [0.3, 0.4) is 0 Å². The van der Waals surface area contributed by atoms with Crippen molar-refractivity contribution < 1.29 is 27.1 Å². The lowest BCUT2D eigenvalue weighted by Crippen LogP contribution is -2.37. The molecule has 2 atom stereocenters. The molecule has 0 spiro atoms. The van der Waals surface area contributed by atoms with Gasteiger partial charge in [-0.05, 0) is 73.9 Å². The molecule has 0 aliphatic heterocycles. The molecule has 1 N–H and O–H groups in total. The molecule has 0 bridgehead atoms. The fourth-order valence-corrected chi connectivity index (χ4v) is 5.81. The van der Waals surface area contributed by atoms with Gasteiger partial charge in [0.2, 0.25) is 5.88 Å². The molecule has 2 unspecified atom stereocenters. The number of sulfonamides is 1. The van der Waals surface area contributed by atoms with E-state index in [1.165, 1.54) is 30.3 Å². The van der Waals surface area contributed by atoms with Crippen LogP contribution in [-0.4, -0.2) is 37.0 Å². The van der Waals surface area contributed by atoms with Gasteiger partial charge in [0, 0.05) is 17.3 Å². The second-order valence-corrected chi connectivity index (χ2v) is 12.6. The van der Waals surface area contributed by atoms with Crippen molar-refractivity contribution in [2.24, 2.45) is 17.8 Å². The Morgan fingerprint density at radius 1 is 1.07 bits per heavy atom. The molecular formula is C30H36FN3O5S. The number of pyridine rings is 2. The fourth-order valence-electron chi connectivity index (χ4n) is 4.83. The number of amides is 1. The third kappa shape index (κ3) is 7.15. The van der Waals surface area contributed by atoms with Crippen LogP contribution < -0.4 is 14.2 Å². The van der Waals surface area contributed by atoms with E-state index >= 15 is 0 Å². The van der Waals surface area contributed by atoms with Gasteiger partial charge in [0.15, 0.2) is 5.03 Å². The number of nitrogens with zero attached hydrogens (tertiary/aromatic N) is 2. The highest BCUT2D eigenvalue weighted by atomic mass is 32.2. The first kappa shape index (κ1) is 29.5. The maximum atomic E-state index is 14.5. The van der Waals surface area contributed by atoms with Crippen molar-refractivity contribution in [3.63, 3.8) is 0 Å². The van der Waals surface area contributed by atoms with Gasteiger partial charge in [-0.1, -0.05) is 40.2 Å². The van der Waals surface area contributed by atoms with Gasteiger partial charge in [-0.3, -0.25) is 4.79 Å². The summed E-state index contributed by atoms with van der Waals surface area (Å²) in [5.41, 5.74) is 1.26. The van der Waals surface area contributed by atoms with Gasteiger partial charge in [-0.2, -0.15) is 8.42 Å². The minimum absolute atomic E-state index is 0.0121. The van der Waals surface area contributed by atoms with Crippen molar-refractivity contribution in [1.29, 1.82) is 0 Å². The Morgan fingerprint density at radius 2 is 1.80 bits per heavy atom. The summed E-state index contributed by atoms with van der Waals surface area (Å²) in [7, 11) is -4.25. The molecule has 1 saturated carbocycles. The van der Waals surface area contributed by atoms with Gasteiger partial charge in [-0.25, -0.2) is 19.1 Å². The molecular weight excluding hydrogens is 533 g/mol. The molecule has 4 rings (SSSR count). The molecule has 1 aromatic carbocycles. The monoisotopic (exact) mass is 569 g/mol. The maximum Gasteiger partial charge on any atom is 0.281 e. The second kappa shape index (κ2) is 12.3. The van der Waals surface area contributed by atoms with Crippen LogP contribution in [0.5, 0.6) is 11.6 Å². The summed E-state index contributed by atoms with van der Waals surface area (Å²) in [4.78, 5) is 22.0. The Balaban J connectivity index is 1.72. The van der Waals surface area contributed by atoms with E-state index in [1.54, 1.807) is 25.1 Å². The first-order valence-electron chi connectivity index (χ1n) is 13.5. The molecule has 40 heavy (non-hydrogen) atoms. The molecule has 1 amide bonds. The van der Waals surface area contributed by atoms with Crippen molar-refractivity contribution in [3.05, 3.63) is 65.6 Å². The first-order valence-corrected chi connectivity index (χ1v) is 15.0. The van der Waals surface area contributed by atoms with E-state index in [0.717, 1.165) is 19.3 Å². The third-order valence-electron chi connectivity index (χ3n) is 6.91. The summed E-state index contributed by atoms with van der Waals surface area (Å²) in [5.74, 6) is -0.371. The number of hydrogen-bond donors (Lipinski definition) is 1. The number of ether oxygens (including phenoxy) is 2. The number of rotatable bonds is 9. The Hall–Kier alpha value is -3.53. The van der Waals surface area contributed by atoms with E-state index in [2.05, 4.69) is 28.5 Å². The number of nitrogens with one attached hydrogen (secondary N) is 1. The van der Waals surface area contributed by atoms with E-state index in [-0.39, 0.29) is 40.3 Å². The van der Waals surface area contributed by atoms with E-state index in [0.29, 0.717) is 29.3 Å². The fraction of sp³-hybridized carbons (Fsp3) is 0.433. The molecule has 2 heterocycles. The molecule has 1 fully saturated rings. The number of carbonyl (C=O) groups is 1. The van der Waals surface area contributed by atoms with Crippen LogP contribution >= 0.6 is 0 Å². The van der Waals surface area contributed by atoms with Gasteiger partial charge >= 0.3 is 0 Å². The lowest BCUT2D eigenvalue weighted by molar-refractivity contribution is 0.0501. The number of halogens is 1. The van der Waals surface area contributed by atoms with E-state index in [4.69, 9.17) is 9.47 Å². The van der Waals surface area contributed by atoms with Gasteiger partial charge in [0.1, 0.15) is 23.2 Å². The lowest BCUT2D eigenvalue weighted by atomic mass is 9.80. The number of carbonyl (C=O) groups excluding carboxylic acids is 1. The molecule has 0 saturated heterocycles. The summed E-state index contributed by atoms with van der Waals surface area (Å²) < 4.78 is 54.6. The Kier molecular flexibility index (Phi) is 9.08. The van der Waals surface area contributed by atoms with Gasteiger partial charge in [0.05, 0.1) is 12.3 Å². The Labute approximate surface area is 235 Å². The summed E-state index contributed by atoms with van der Waals surface area (Å²) in [5, 5.41) is -0.267. The zero-order valence-electron chi connectivity index (χ0n) is 23.5. The number of benzene rings is 1. The summed E-state index contributed by atoms with van der Waals surface area (Å²) in [6.07, 6.45) is 2.77. The lowest BCUT2D eigenvalue weighted by Gasteiger charge is -2.34. The molecule has 0 radical (unpaired) electrons. The predicted octanol–water partition coefficient (Wildman–Crippen LogP) is 5.95. The van der Waals surface area contributed by atoms with E-state index in [1.807, 2.05) is 13.8 Å². The largest absolute Gasteiger partial charge is 0.493 e. The minimum atomic E-state index is -4.25. The maximum absolute atomic E-state index is 14.5. The van der Waals surface area contributed by atoms with Gasteiger partial charge in [-0.15, -0.1) is 0 Å². The second-order valence-electron chi connectivity index (χ2n) is 10.9. The van der Waals surface area contributed by atoms with E-state index in [9.17, 15) is 17.6 Å². The van der Waals surface area contributed by atoms with Gasteiger partial charge < -0.3 is 9.47 Å². The summed E-state index contributed by atoms with van der Waals surface area (Å²) >= 11 is 0. The zero-order valence-corrected chi connectivity index (χ0v) is 24.3. The summed E-state index contributed by atoms with van der Waals surface area (Å²) in [6, 6.07) is 11.8. The van der Waals surface area contributed by atoms with Crippen molar-refractivity contribution >= 4 is 15.9 Å². The molecule has 1 aliphatic rings. The number of aryl methyl sites for hydroxylation is 1. The van der Waals surface area contributed by atoms with Crippen LogP contribution in [0.15, 0.2) is 53.6 Å². The standard InChI is InChI=1S/C30H36FN3O5S/c1-18(2)17-38-24-15-22(14-23(31)16-24)26-13-12-25(30(33-26)39-28-19(3)8-6-9-20(28)4)29(35)34-40(36,37)27-11-7-10-21(5)32-27/h7,10-16,18-20,28H,6,8-9,17H2,1-5H3,(H,34,35). The van der Waals surface area contributed by atoms with Crippen LogP contribution in [0.2, 0.25) is 0 Å². The highest BCUT2D eigenvalue weighted by Gasteiger charge is 2.32. The van der Waals surface area contributed by atoms with Crippen molar-refractivity contribution in [3.8, 4) is 22.9 Å². The third-order valence-corrected chi connectivity index (χ3v) is 8.14. The number of aromatic nitrogens is 2. The quantitative estimate of drug-likeness (QED) is 0.339. The Morgan fingerprint density at radius 3 is 2.48 bits per heavy atom. The van der Waals surface area contributed by atoms with Crippen LogP contribution in [0.1, 0.15) is 63.0 Å². The van der Waals surface area contributed by atoms with Crippen LogP contribution in [0, 0.1) is 30.5 Å². The molecule has 2 aromatic heterocycles. The predicted molar refractivity (Wildman–Crippen MR) is 150 cm³/mol. The highest BCUT2D eigenvalue weighted by molar-refractivity contribution is 7.90. The smallest absolute Gasteiger partial charge is 0.281 e. The zero-order chi connectivity index (χ0) is 29.0. The molecule has 3 aromatic rings. The van der Waals surface area contributed by atoms with Gasteiger partial charge in [0.25, 0.3) is 15.9 Å². The Bertz CT molecular complexity index is 1470. The topological polar surface area (TPSA) is 107 Å². The molecule has 10 heteroatoms. The summed E-state index contributed by atoms with van der Waals surface area (Å²) in [6.45, 7) is 10.2. The highest BCUT2D eigenvalue weighted by Crippen LogP contribution is 2.34. The molecule has 8 nitrogen and oxygen atoms in total. The van der Waals surface area contributed by atoms with Crippen molar-refractivity contribution in [1.82, 2.24) is 14.7 Å². The van der Waals surface area contributed by atoms with Crippen LogP contribution in [0.25, 0.3) is 11.3 Å².